The summed E-state index contributed by atoms with van der Waals surface area (Å²) in [5.41, 5.74) is 3.90. The summed E-state index contributed by atoms with van der Waals surface area (Å²) in [6, 6.07) is 22.4. The molecule has 4 rings (SSSR count). The highest BCUT2D eigenvalue weighted by molar-refractivity contribution is 8.18. The molecule has 2 N–H and O–H groups in total. The number of hydrogen-bond acceptors (Lipinski definition) is 5. The van der Waals surface area contributed by atoms with Gasteiger partial charge in [0.1, 0.15) is 18.1 Å². The normalized spacial score (nSPS) is 16.1. The topological polar surface area (TPSA) is 70.9 Å². The van der Waals surface area contributed by atoms with E-state index in [1.54, 1.807) is 24.3 Å². The van der Waals surface area contributed by atoms with Gasteiger partial charge >= 0.3 is 0 Å². The number of hydrogen-bond donors (Lipinski definition) is 2. The Kier molecular flexibility index (Phi) is 5.86. The molecular formula is C24H20N2O3S. The van der Waals surface area contributed by atoms with Crippen molar-refractivity contribution in [2.75, 3.05) is 0 Å². The van der Waals surface area contributed by atoms with Gasteiger partial charge in [0.15, 0.2) is 5.17 Å². The number of benzene rings is 3. The Labute approximate surface area is 179 Å². The molecule has 3 aromatic rings. The van der Waals surface area contributed by atoms with E-state index in [-0.39, 0.29) is 11.7 Å². The number of rotatable bonds is 5. The first-order valence-electron chi connectivity index (χ1n) is 9.42. The van der Waals surface area contributed by atoms with Crippen LogP contribution in [0, 0.1) is 6.92 Å². The van der Waals surface area contributed by atoms with E-state index in [2.05, 4.69) is 41.5 Å². The van der Waals surface area contributed by atoms with Crippen molar-refractivity contribution in [3.05, 3.63) is 94.4 Å². The maximum atomic E-state index is 12.2. The smallest absolute Gasteiger partial charge is 0.264 e. The van der Waals surface area contributed by atoms with E-state index in [0.29, 0.717) is 22.4 Å². The van der Waals surface area contributed by atoms with Crippen LogP contribution in [0.4, 0.5) is 5.69 Å². The molecule has 1 heterocycles. The number of aryl methyl sites for hydroxylation is 1. The minimum absolute atomic E-state index is 0.175. The third-order valence-electron chi connectivity index (χ3n) is 4.44. The fourth-order valence-electron chi connectivity index (χ4n) is 2.79. The molecule has 0 bridgehead atoms. The summed E-state index contributed by atoms with van der Waals surface area (Å²) in [6.07, 6.45) is 1.82. The highest BCUT2D eigenvalue weighted by Gasteiger charge is 2.23. The summed E-state index contributed by atoms with van der Waals surface area (Å²) >= 11 is 1.28. The van der Waals surface area contributed by atoms with Crippen molar-refractivity contribution in [1.29, 1.82) is 0 Å². The molecule has 6 heteroatoms. The molecule has 3 aromatic carbocycles. The van der Waals surface area contributed by atoms with E-state index in [1.807, 2.05) is 30.3 Å². The van der Waals surface area contributed by atoms with Crippen LogP contribution in [0.25, 0.3) is 6.08 Å². The van der Waals surface area contributed by atoms with Crippen LogP contribution in [0.3, 0.4) is 0 Å². The van der Waals surface area contributed by atoms with Crippen LogP contribution in [0.1, 0.15) is 16.7 Å². The van der Waals surface area contributed by atoms with Crippen LogP contribution in [0.5, 0.6) is 11.5 Å². The van der Waals surface area contributed by atoms with Crippen molar-refractivity contribution in [3.8, 4) is 11.5 Å². The SMILES string of the molecule is Cc1ccc(COc2ccc(/C=C3\SC(=Nc4ccc(O)cc4)NC3=O)cc2)cc1. The highest BCUT2D eigenvalue weighted by atomic mass is 32.2. The molecule has 30 heavy (non-hydrogen) atoms. The number of amides is 1. The predicted octanol–water partition coefficient (Wildman–Crippen LogP) is 5.17. The van der Waals surface area contributed by atoms with E-state index in [1.165, 1.54) is 17.3 Å². The molecule has 1 aliphatic heterocycles. The Morgan fingerprint density at radius 1 is 1.00 bits per heavy atom. The van der Waals surface area contributed by atoms with E-state index in [0.717, 1.165) is 16.9 Å². The van der Waals surface area contributed by atoms with Crippen LogP contribution >= 0.6 is 11.8 Å². The van der Waals surface area contributed by atoms with Gasteiger partial charge in [-0.25, -0.2) is 4.99 Å². The lowest BCUT2D eigenvalue weighted by atomic mass is 10.1. The molecular weight excluding hydrogens is 396 g/mol. The maximum absolute atomic E-state index is 12.2. The van der Waals surface area contributed by atoms with Gasteiger partial charge in [-0.05, 0) is 72.3 Å². The van der Waals surface area contributed by atoms with E-state index in [9.17, 15) is 9.90 Å². The van der Waals surface area contributed by atoms with Gasteiger partial charge in [-0.15, -0.1) is 0 Å². The van der Waals surface area contributed by atoms with Gasteiger partial charge in [0.05, 0.1) is 10.6 Å². The molecule has 1 aliphatic rings. The van der Waals surface area contributed by atoms with Crippen molar-refractivity contribution < 1.29 is 14.6 Å². The third-order valence-corrected chi connectivity index (χ3v) is 5.35. The summed E-state index contributed by atoms with van der Waals surface area (Å²) in [7, 11) is 0. The van der Waals surface area contributed by atoms with Gasteiger partial charge in [-0.1, -0.05) is 42.0 Å². The molecule has 0 atom stereocenters. The number of ether oxygens (including phenoxy) is 1. The molecule has 1 fully saturated rings. The quantitative estimate of drug-likeness (QED) is 0.563. The maximum Gasteiger partial charge on any atom is 0.264 e. The molecule has 1 amide bonds. The zero-order chi connectivity index (χ0) is 20.9. The first-order valence-corrected chi connectivity index (χ1v) is 10.2. The standard InChI is InChI=1S/C24H20N2O3S/c1-16-2-4-18(5-3-16)15-29-21-12-6-17(7-13-21)14-22-23(28)26-24(30-22)25-19-8-10-20(27)11-9-19/h2-14,27H,15H2,1H3,(H,25,26,28)/b22-14-. The molecule has 5 nitrogen and oxygen atoms in total. The van der Waals surface area contributed by atoms with Gasteiger partial charge in [0, 0.05) is 0 Å². The van der Waals surface area contributed by atoms with Crippen LogP contribution in [0.2, 0.25) is 0 Å². The van der Waals surface area contributed by atoms with E-state index in [4.69, 9.17) is 4.74 Å². The van der Waals surface area contributed by atoms with Crippen molar-refractivity contribution >= 4 is 34.6 Å². The average Bonchev–Trinajstić information content (AvgIpc) is 3.09. The molecule has 0 aromatic heterocycles. The van der Waals surface area contributed by atoms with Crippen LogP contribution in [-0.4, -0.2) is 16.2 Å². The second-order valence-electron chi connectivity index (χ2n) is 6.84. The molecule has 150 valence electrons. The number of nitrogens with zero attached hydrogens (tertiary/aromatic N) is 1. The van der Waals surface area contributed by atoms with Crippen molar-refractivity contribution in [3.63, 3.8) is 0 Å². The summed E-state index contributed by atoms with van der Waals surface area (Å²) in [6.45, 7) is 2.57. The Hall–Kier alpha value is -3.51. The number of carbonyl (C=O) groups excluding carboxylic acids is 1. The largest absolute Gasteiger partial charge is 0.508 e. The number of aliphatic imine (C=N–C) groups is 1. The molecule has 0 unspecified atom stereocenters. The lowest BCUT2D eigenvalue weighted by molar-refractivity contribution is -0.115. The van der Waals surface area contributed by atoms with E-state index >= 15 is 0 Å². The number of aromatic hydroxyl groups is 1. The molecule has 0 spiro atoms. The summed E-state index contributed by atoms with van der Waals surface area (Å²) in [4.78, 5) is 17.2. The predicted molar refractivity (Wildman–Crippen MR) is 121 cm³/mol. The Balaban J connectivity index is 1.39. The fraction of sp³-hybridized carbons (Fsp3) is 0.0833. The molecule has 0 aliphatic carbocycles. The van der Waals surface area contributed by atoms with E-state index < -0.39 is 0 Å². The highest BCUT2D eigenvalue weighted by Crippen LogP contribution is 2.29. The zero-order valence-corrected chi connectivity index (χ0v) is 17.1. The lowest BCUT2D eigenvalue weighted by Crippen LogP contribution is -2.19. The average molecular weight is 417 g/mol. The number of carbonyl (C=O) groups is 1. The first-order chi connectivity index (χ1) is 14.5. The Morgan fingerprint density at radius 3 is 2.40 bits per heavy atom. The minimum Gasteiger partial charge on any atom is -0.508 e. The fourth-order valence-corrected chi connectivity index (χ4v) is 3.63. The Bertz CT molecular complexity index is 1100. The van der Waals surface area contributed by atoms with Crippen LogP contribution in [0.15, 0.2) is 82.7 Å². The first kappa shape index (κ1) is 19.8. The summed E-state index contributed by atoms with van der Waals surface area (Å²) < 4.78 is 5.83. The number of amidine groups is 1. The van der Waals surface area contributed by atoms with Crippen LogP contribution in [-0.2, 0) is 11.4 Å². The Morgan fingerprint density at radius 2 is 1.70 bits per heavy atom. The second kappa shape index (κ2) is 8.88. The third kappa shape index (κ3) is 5.10. The van der Waals surface area contributed by atoms with Gasteiger partial charge in [-0.2, -0.15) is 0 Å². The minimum atomic E-state index is -0.183. The summed E-state index contributed by atoms with van der Waals surface area (Å²) in [5, 5.41) is 12.6. The number of phenolic OH excluding ortho intramolecular Hbond substituents is 1. The van der Waals surface area contributed by atoms with Gasteiger partial charge in [0.2, 0.25) is 0 Å². The number of nitrogens with one attached hydrogen (secondary N) is 1. The van der Waals surface area contributed by atoms with Gasteiger partial charge in [-0.3, -0.25) is 4.79 Å². The van der Waals surface area contributed by atoms with Crippen molar-refractivity contribution in [1.82, 2.24) is 5.32 Å². The van der Waals surface area contributed by atoms with Gasteiger partial charge < -0.3 is 15.2 Å². The summed E-state index contributed by atoms with van der Waals surface area (Å²) in [5.74, 6) is 0.766. The monoisotopic (exact) mass is 416 g/mol. The molecule has 0 saturated carbocycles. The lowest BCUT2D eigenvalue weighted by Gasteiger charge is -2.07. The number of thioether (sulfide) groups is 1. The number of phenols is 1. The molecule has 1 saturated heterocycles. The van der Waals surface area contributed by atoms with Crippen molar-refractivity contribution in [2.24, 2.45) is 4.99 Å². The zero-order valence-electron chi connectivity index (χ0n) is 16.3. The van der Waals surface area contributed by atoms with Crippen molar-refractivity contribution in [2.45, 2.75) is 13.5 Å². The van der Waals surface area contributed by atoms with Gasteiger partial charge in [0.25, 0.3) is 5.91 Å². The van der Waals surface area contributed by atoms with Crippen LogP contribution < -0.4 is 10.1 Å². The molecule has 0 radical (unpaired) electrons. The second-order valence-corrected chi connectivity index (χ2v) is 7.87.